The molecule has 0 aliphatic rings. The third-order valence-corrected chi connectivity index (χ3v) is 2.01. The quantitative estimate of drug-likeness (QED) is 0.607. The highest BCUT2D eigenvalue weighted by molar-refractivity contribution is 6.31. The van der Waals surface area contributed by atoms with Gasteiger partial charge in [0, 0.05) is 6.07 Å². The van der Waals surface area contributed by atoms with Gasteiger partial charge >= 0.3 is 0 Å². The molecule has 0 aromatic carbocycles. The van der Waals surface area contributed by atoms with Crippen LogP contribution >= 0.6 is 11.6 Å². The Hall–Kier alpha value is -1.81. The maximum atomic E-state index is 12.4. The summed E-state index contributed by atoms with van der Waals surface area (Å²) >= 11 is 5.41. The van der Waals surface area contributed by atoms with E-state index >= 15 is 0 Å². The molecule has 0 fully saturated rings. The van der Waals surface area contributed by atoms with Crippen LogP contribution in [-0.2, 0) is 6.42 Å². The van der Waals surface area contributed by atoms with Crippen molar-refractivity contribution in [2.75, 3.05) is 0 Å². The molecule has 1 aromatic rings. The highest BCUT2D eigenvalue weighted by Gasteiger charge is 2.23. The maximum Gasteiger partial charge on any atom is 0.293 e. The first kappa shape index (κ1) is 12.3. The monoisotopic (exact) mass is 247 g/mol. The molecule has 84 valence electrons. The van der Waals surface area contributed by atoms with Gasteiger partial charge in [-0.3, -0.25) is 10.1 Å². The van der Waals surface area contributed by atoms with Gasteiger partial charge in [0.05, 0.1) is 22.4 Å². The van der Waals surface area contributed by atoms with Gasteiger partial charge in [-0.2, -0.15) is 5.26 Å². The molecule has 5 nitrogen and oxygen atoms in total. The molecule has 0 atom stereocenters. The van der Waals surface area contributed by atoms with Gasteiger partial charge < -0.3 is 0 Å². The number of pyridine rings is 1. The van der Waals surface area contributed by atoms with Gasteiger partial charge in [-0.15, -0.1) is 0 Å². The number of nitriles is 1. The molecule has 0 aliphatic carbocycles. The van der Waals surface area contributed by atoms with Gasteiger partial charge in [-0.05, 0) is 0 Å². The number of rotatable bonds is 3. The van der Waals surface area contributed by atoms with Crippen molar-refractivity contribution in [2.45, 2.75) is 12.8 Å². The van der Waals surface area contributed by atoms with E-state index in [2.05, 4.69) is 4.98 Å². The van der Waals surface area contributed by atoms with Crippen LogP contribution in [0.1, 0.15) is 17.8 Å². The number of halogens is 3. The second-order valence-electron chi connectivity index (χ2n) is 2.71. The molecule has 0 aliphatic heterocycles. The molecule has 0 spiro atoms. The lowest BCUT2D eigenvalue weighted by atomic mass is 10.2. The van der Waals surface area contributed by atoms with Crippen LogP contribution in [0.2, 0.25) is 5.02 Å². The lowest BCUT2D eigenvalue weighted by molar-refractivity contribution is -0.385. The lowest BCUT2D eigenvalue weighted by Crippen LogP contribution is -2.02. The highest BCUT2D eigenvalue weighted by Crippen LogP contribution is 2.30. The van der Waals surface area contributed by atoms with Crippen molar-refractivity contribution in [1.82, 2.24) is 4.98 Å². The summed E-state index contributed by atoms with van der Waals surface area (Å²) in [6, 6.07) is 2.39. The van der Waals surface area contributed by atoms with E-state index in [4.69, 9.17) is 16.9 Å². The first-order chi connectivity index (χ1) is 7.47. The number of alkyl halides is 2. The van der Waals surface area contributed by atoms with Crippen molar-refractivity contribution in [3.05, 3.63) is 32.6 Å². The summed E-state index contributed by atoms with van der Waals surface area (Å²) in [6.07, 6.45) is -3.36. The van der Waals surface area contributed by atoms with Crippen LogP contribution in [0.5, 0.6) is 0 Å². The summed E-state index contributed by atoms with van der Waals surface area (Å²) in [6.45, 7) is 0. The molecule has 0 unspecified atom stereocenters. The predicted molar refractivity (Wildman–Crippen MR) is 50.2 cm³/mol. The average Bonchev–Trinajstić information content (AvgIpc) is 2.19. The molecule has 1 aromatic heterocycles. The van der Waals surface area contributed by atoms with Gasteiger partial charge in [-0.25, -0.2) is 13.8 Å². The molecule has 1 heterocycles. The van der Waals surface area contributed by atoms with Crippen molar-refractivity contribution in [2.24, 2.45) is 0 Å². The van der Waals surface area contributed by atoms with Crippen molar-refractivity contribution >= 4 is 17.3 Å². The molecule has 0 saturated heterocycles. The number of hydrogen-bond acceptors (Lipinski definition) is 4. The SMILES string of the molecule is N#CCc1nc(C(F)F)c(Cl)cc1[N+](=O)[O-]. The third kappa shape index (κ3) is 2.41. The molecule has 8 heteroatoms. The Labute approximate surface area is 93.4 Å². The van der Waals surface area contributed by atoms with E-state index in [0.29, 0.717) is 0 Å². The second-order valence-corrected chi connectivity index (χ2v) is 3.12. The first-order valence-electron chi connectivity index (χ1n) is 3.96. The number of nitrogens with zero attached hydrogens (tertiary/aromatic N) is 3. The van der Waals surface area contributed by atoms with Crippen LogP contribution in [-0.4, -0.2) is 9.91 Å². The third-order valence-electron chi connectivity index (χ3n) is 1.71. The van der Waals surface area contributed by atoms with Gasteiger partial charge in [0.1, 0.15) is 11.4 Å². The van der Waals surface area contributed by atoms with Crippen molar-refractivity contribution in [1.29, 1.82) is 5.26 Å². The van der Waals surface area contributed by atoms with E-state index in [1.165, 1.54) is 0 Å². The Bertz CT molecular complexity index is 473. The smallest absolute Gasteiger partial charge is 0.258 e. The minimum atomic E-state index is -2.94. The van der Waals surface area contributed by atoms with Gasteiger partial charge in [0.25, 0.3) is 12.1 Å². The fourth-order valence-corrected chi connectivity index (χ4v) is 1.28. The number of hydrogen-bond donors (Lipinski definition) is 0. The maximum absolute atomic E-state index is 12.4. The lowest BCUT2D eigenvalue weighted by Gasteiger charge is -2.04. The Morgan fingerprint density at radius 2 is 2.31 bits per heavy atom. The van der Waals surface area contributed by atoms with E-state index in [9.17, 15) is 18.9 Å². The molecule has 0 N–H and O–H groups in total. The van der Waals surface area contributed by atoms with E-state index in [1.54, 1.807) is 6.07 Å². The van der Waals surface area contributed by atoms with Crippen LogP contribution in [0.3, 0.4) is 0 Å². The topological polar surface area (TPSA) is 79.8 Å². The largest absolute Gasteiger partial charge is 0.293 e. The molecule has 1 rings (SSSR count). The molecule has 0 amide bonds. The summed E-state index contributed by atoms with van der Waals surface area (Å²) in [5.74, 6) is 0. The predicted octanol–water partition coefficient (Wildman–Crippen LogP) is 2.65. The summed E-state index contributed by atoms with van der Waals surface area (Å²) in [5.41, 5.74) is -1.60. The van der Waals surface area contributed by atoms with Crippen LogP contribution in [0.15, 0.2) is 6.07 Å². The Kier molecular flexibility index (Phi) is 3.68. The molecule has 0 bridgehead atoms. The highest BCUT2D eigenvalue weighted by atomic mass is 35.5. The van der Waals surface area contributed by atoms with Crippen LogP contribution < -0.4 is 0 Å². The minimum Gasteiger partial charge on any atom is -0.258 e. The summed E-state index contributed by atoms with van der Waals surface area (Å²) < 4.78 is 24.8. The molecular formula is C8H4ClF2N3O2. The summed E-state index contributed by atoms with van der Waals surface area (Å²) in [4.78, 5) is 13.1. The molecule has 0 saturated carbocycles. The Balaban J connectivity index is 3.38. The van der Waals surface area contributed by atoms with Crippen LogP contribution in [0, 0.1) is 21.4 Å². The summed E-state index contributed by atoms with van der Waals surface area (Å²) in [5, 5.41) is 18.4. The van der Waals surface area contributed by atoms with Gasteiger partial charge in [0.15, 0.2) is 0 Å². The standard InChI is InChI=1S/C8H4ClF2N3O2/c9-4-3-6(14(15)16)5(1-2-12)13-7(4)8(10)11/h3,8H,1H2. The van der Waals surface area contributed by atoms with Gasteiger partial charge in [0.2, 0.25) is 0 Å². The molecular weight excluding hydrogens is 244 g/mol. The van der Waals surface area contributed by atoms with Crippen molar-refractivity contribution in [3.8, 4) is 6.07 Å². The summed E-state index contributed by atoms with van der Waals surface area (Å²) in [7, 11) is 0. The van der Waals surface area contributed by atoms with Crippen molar-refractivity contribution in [3.63, 3.8) is 0 Å². The zero-order chi connectivity index (χ0) is 12.3. The zero-order valence-electron chi connectivity index (χ0n) is 7.65. The molecule has 0 radical (unpaired) electrons. The van der Waals surface area contributed by atoms with Crippen LogP contribution in [0.4, 0.5) is 14.5 Å². The van der Waals surface area contributed by atoms with E-state index in [1.807, 2.05) is 0 Å². The zero-order valence-corrected chi connectivity index (χ0v) is 8.41. The van der Waals surface area contributed by atoms with Crippen LogP contribution in [0.25, 0.3) is 0 Å². The Morgan fingerprint density at radius 1 is 1.69 bits per heavy atom. The average molecular weight is 248 g/mol. The van der Waals surface area contributed by atoms with Gasteiger partial charge in [-0.1, -0.05) is 11.6 Å². The first-order valence-corrected chi connectivity index (χ1v) is 4.34. The van der Waals surface area contributed by atoms with E-state index in [-0.39, 0.29) is 5.69 Å². The second kappa shape index (κ2) is 4.81. The Morgan fingerprint density at radius 3 is 2.75 bits per heavy atom. The van der Waals surface area contributed by atoms with E-state index in [0.717, 1.165) is 6.07 Å². The van der Waals surface area contributed by atoms with E-state index < -0.39 is 34.2 Å². The molecule has 16 heavy (non-hydrogen) atoms. The minimum absolute atomic E-state index is 0.313. The number of aromatic nitrogens is 1. The number of nitro groups is 1. The fraction of sp³-hybridized carbons (Fsp3) is 0.250. The fourth-order valence-electron chi connectivity index (χ4n) is 1.05. The van der Waals surface area contributed by atoms with Crippen molar-refractivity contribution < 1.29 is 13.7 Å². The normalized spacial score (nSPS) is 10.2.